The van der Waals surface area contributed by atoms with E-state index in [2.05, 4.69) is 10.3 Å². The SMILES string of the molecule is CCOCCCNC(=O)c1cnc(N)c(Cl)c1. The van der Waals surface area contributed by atoms with Crippen molar-refractivity contribution in [2.24, 2.45) is 0 Å². The number of carbonyl (C=O) groups excluding carboxylic acids is 1. The van der Waals surface area contributed by atoms with Crippen LogP contribution in [0.2, 0.25) is 5.02 Å². The van der Waals surface area contributed by atoms with Crippen molar-refractivity contribution < 1.29 is 9.53 Å². The molecule has 1 aromatic rings. The molecule has 0 aromatic carbocycles. The molecule has 0 saturated heterocycles. The quantitative estimate of drug-likeness (QED) is 0.757. The minimum Gasteiger partial charge on any atom is -0.382 e. The Balaban J connectivity index is 2.39. The van der Waals surface area contributed by atoms with Gasteiger partial charge in [-0.3, -0.25) is 4.79 Å². The minimum atomic E-state index is -0.212. The average Bonchev–Trinajstić information content (AvgIpc) is 2.32. The largest absolute Gasteiger partial charge is 0.382 e. The lowest BCUT2D eigenvalue weighted by atomic mass is 10.2. The third-order valence-corrected chi connectivity index (χ3v) is 2.39. The van der Waals surface area contributed by atoms with Gasteiger partial charge in [-0.2, -0.15) is 0 Å². The summed E-state index contributed by atoms with van der Waals surface area (Å²) in [4.78, 5) is 15.5. The van der Waals surface area contributed by atoms with Gasteiger partial charge in [0.25, 0.3) is 5.91 Å². The van der Waals surface area contributed by atoms with Gasteiger partial charge in [-0.25, -0.2) is 4.98 Å². The molecule has 1 aromatic heterocycles. The van der Waals surface area contributed by atoms with Crippen LogP contribution in [0.1, 0.15) is 23.7 Å². The standard InChI is InChI=1S/C11H16ClN3O2/c1-2-17-5-3-4-14-11(16)8-6-9(12)10(13)15-7-8/h6-7H,2-5H2,1H3,(H2,13,15)(H,14,16). The molecule has 94 valence electrons. The molecule has 0 saturated carbocycles. The monoisotopic (exact) mass is 257 g/mol. The van der Waals surface area contributed by atoms with Crippen LogP contribution < -0.4 is 11.1 Å². The molecule has 0 aliphatic heterocycles. The Morgan fingerprint density at radius 2 is 2.41 bits per heavy atom. The smallest absolute Gasteiger partial charge is 0.252 e. The molecular formula is C11H16ClN3O2. The van der Waals surface area contributed by atoms with Gasteiger partial charge in [0.15, 0.2) is 0 Å². The number of nitrogens with two attached hydrogens (primary N) is 1. The predicted molar refractivity (Wildman–Crippen MR) is 67.1 cm³/mol. The van der Waals surface area contributed by atoms with Crippen molar-refractivity contribution >= 4 is 23.3 Å². The van der Waals surface area contributed by atoms with E-state index in [4.69, 9.17) is 22.1 Å². The summed E-state index contributed by atoms with van der Waals surface area (Å²) in [5.74, 6) is 0.00969. The van der Waals surface area contributed by atoms with Crippen molar-refractivity contribution in [3.63, 3.8) is 0 Å². The van der Waals surface area contributed by atoms with Gasteiger partial charge in [0.1, 0.15) is 5.82 Å². The van der Waals surface area contributed by atoms with E-state index < -0.39 is 0 Å². The molecule has 0 aliphatic carbocycles. The zero-order valence-electron chi connectivity index (χ0n) is 9.70. The molecule has 5 nitrogen and oxygen atoms in total. The van der Waals surface area contributed by atoms with E-state index in [0.29, 0.717) is 25.3 Å². The van der Waals surface area contributed by atoms with E-state index >= 15 is 0 Å². The van der Waals surface area contributed by atoms with E-state index in [1.54, 1.807) is 0 Å². The maximum atomic E-state index is 11.6. The zero-order valence-corrected chi connectivity index (χ0v) is 10.5. The third-order valence-electron chi connectivity index (χ3n) is 2.09. The van der Waals surface area contributed by atoms with Gasteiger partial charge < -0.3 is 15.8 Å². The highest BCUT2D eigenvalue weighted by molar-refractivity contribution is 6.33. The molecule has 0 radical (unpaired) electrons. The first-order chi connectivity index (χ1) is 8.15. The number of amides is 1. The first-order valence-electron chi connectivity index (χ1n) is 5.42. The molecule has 0 spiro atoms. The maximum Gasteiger partial charge on any atom is 0.252 e. The van der Waals surface area contributed by atoms with Crippen molar-refractivity contribution in [1.29, 1.82) is 0 Å². The number of ether oxygens (including phenoxy) is 1. The second-order valence-electron chi connectivity index (χ2n) is 3.40. The van der Waals surface area contributed by atoms with E-state index in [0.717, 1.165) is 6.42 Å². The summed E-state index contributed by atoms with van der Waals surface area (Å²) in [5.41, 5.74) is 5.86. The van der Waals surface area contributed by atoms with Crippen LogP contribution in [-0.4, -0.2) is 30.6 Å². The van der Waals surface area contributed by atoms with Crippen LogP contribution >= 0.6 is 11.6 Å². The number of aromatic nitrogens is 1. The second kappa shape index (κ2) is 7.09. The van der Waals surface area contributed by atoms with Crippen LogP contribution in [0.4, 0.5) is 5.82 Å². The summed E-state index contributed by atoms with van der Waals surface area (Å²) in [6.07, 6.45) is 2.18. The Bertz CT molecular complexity index is 385. The highest BCUT2D eigenvalue weighted by Crippen LogP contribution is 2.16. The molecule has 0 bridgehead atoms. The lowest BCUT2D eigenvalue weighted by Crippen LogP contribution is -2.25. The molecule has 3 N–H and O–H groups in total. The van der Waals surface area contributed by atoms with E-state index in [9.17, 15) is 4.79 Å². The number of hydrogen-bond donors (Lipinski definition) is 2. The molecule has 17 heavy (non-hydrogen) atoms. The number of nitrogen functional groups attached to an aromatic ring is 1. The fourth-order valence-electron chi connectivity index (χ4n) is 1.20. The Kier molecular flexibility index (Phi) is 5.72. The van der Waals surface area contributed by atoms with E-state index in [1.165, 1.54) is 12.3 Å². The molecule has 0 aliphatic rings. The molecule has 1 amide bonds. The average molecular weight is 258 g/mol. The van der Waals surface area contributed by atoms with Gasteiger partial charge in [0, 0.05) is 26.0 Å². The summed E-state index contributed by atoms with van der Waals surface area (Å²) < 4.78 is 5.15. The summed E-state index contributed by atoms with van der Waals surface area (Å²) in [7, 11) is 0. The number of nitrogens with one attached hydrogen (secondary N) is 1. The number of hydrogen-bond acceptors (Lipinski definition) is 4. The van der Waals surface area contributed by atoms with Gasteiger partial charge >= 0.3 is 0 Å². The number of nitrogens with zero attached hydrogens (tertiary/aromatic N) is 1. The van der Waals surface area contributed by atoms with E-state index in [-0.39, 0.29) is 16.7 Å². The summed E-state index contributed by atoms with van der Waals surface area (Å²) >= 11 is 5.77. The van der Waals surface area contributed by atoms with Crippen LogP contribution in [0, 0.1) is 0 Å². The van der Waals surface area contributed by atoms with Gasteiger partial charge in [-0.15, -0.1) is 0 Å². The molecule has 0 atom stereocenters. The summed E-state index contributed by atoms with van der Waals surface area (Å²) in [5, 5.41) is 3.03. The number of carbonyl (C=O) groups is 1. The zero-order chi connectivity index (χ0) is 12.7. The van der Waals surface area contributed by atoms with E-state index in [1.807, 2.05) is 6.92 Å². The molecule has 0 fully saturated rings. The van der Waals surface area contributed by atoms with Crippen LogP contribution in [0.15, 0.2) is 12.3 Å². The van der Waals surface area contributed by atoms with Crippen LogP contribution in [0.25, 0.3) is 0 Å². The van der Waals surface area contributed by atoms with Gasteiger partial charge in [0.05, 0.1) is 10.6 Å². The Labute approximate surface area is 105 Å². The van der Waals surface area contributed by atoms with Crippen molar-refractivity contribution in [1.82, 2.24) is 10.3 Å². The maximum absolute atomic E-state index is 11.6. The third kappa shape index (κ3) is 4.58. The molecule has 6 heteroatoms. The number of rotatable bonds is 6. The number of halogens is 1. The van der Waals surface area contributed by atoms with Crippen LogP contribution in [0.3, 0.4) is 0 Å². The van der Waals surface area contributed by atoms with Crippen LogP contribution in [-0.2, 0) is 4.74 Å². The Hall–Kier alpha value is -1.33. The van der Waals surface area contributed by atoms with Crippen molar-refractivity contribution in [2.45, 2.75) is 13.3 Å². The molecular weight excluding hydrogens is 242 g/mol. The number of anilines is 1. The fraction of sp³-hybridized carbons (Fsp3) is 0.455. The highest BCUT2D eigenvalue weighted by Gasteiger charge is 2.07. The van der Waals surface area contributed by atoms with Crippen molar-refractivity contribution in [3.8, 4) is 0 Å². The van der Waals surface area contributed by atoms with Gasteiger partial charge in [-0.1, -0.05) is 11.6 Å². The normalized spacial score (nSPS) is 10.2. The Morgan fingerprint density at radius 1 is 1.65 bits per heavy atom. The lowest BCUT2D eigenvalue weighted by molar-refractivity contribution is 0.0944. The van der Waals surface area contributed by atoms with Crippen molar-refractivity contribution in [2.75, 3.05) is 25.5 Å². The van der Waals surface area contributed by atoms with Gasteiger partial charge in [0.2, 0.25) is 0 Å². The summed E-state index contributed by atoms with van der Waals surface area (Å²) in [6, 6.07) is 1.50. The van der Waals surface area contributed by atoms with Crippen LogP contribution in [0.5, 0.6) is 0 Å². The Morgan fingerprint density at radius 3 is 3.06 bits per heavy atom. The number of pyridine rings is 1. The lowest BCUT2D eigenvalue weighted by Gasteiger charge is -2.06. The first-order valence-corrected chi connectivity index (χ1v) is 5.80. The fourth-order valence-corrected chi connectivity index (χ4v) is 1.36. The van der Waals surface area contributed by atoms with Gasteiger partial charge in [-0.05, 0) is 19.4 Å². The second-order valence-corrected chi connectivity index (χ2v) is 3.80. The highest BCUT2D eigenvalue weighted by atomic mass is 35.5. The molecule has 1 rings (SSSR count). The summed E-state index contributed by atoms with van der Waals surface area (Å²) in [6.45, 7) is 3.81. The first kappa shape index (κ1) is 13.7. The minimum absolute atomic E-state index is 0.212. The molecule has 0 unspecified atom stereocenters. The predicted octanol–water partition coefficient (Wildman–Crippen LogP) is 1.47. The topological polar surface area (TPSA) is 77.2 Å². The van der Waals surface area contributed by atoms with Crippen molar-refractivity contribution in [3.05, 3.63) is 22.8 Å². The molecule has 1 heterocycles.